The molecule has 18 heavy (non-hydrogen) atoms. The summed E-state index contributed by atoms with van der Waals surface area (Å²) in [6, 6.07) is 10.6. The maximum Gasteiger partial charge on any atom is 0.0541 e. The molecule has 3 nitrogen and oxygen atoms in total. The summed E-state index contributed by atoms with van der Waals surface area (Å²) >= 11 is 0. The number of benzene rings is 1. The zero-order chi connectivity index (χ0) is 13.0. The van der Waals surface area contributed by atoms with Crippen molar-refractivity contribution in [1.29, 1.82) is 0 Å². The Kier molecular flexibility index (Phi) is 4.61. The van der Waals surface area contributed by atoms with Crippen LogP contribution in [0.3, 0.4) is 0 Å². The average Bonchev–Trinajstić information content (AvgIpc) is 2.39. The van der Waals surface area contributed by atoms with Crippen molar-refractivity contribution in [3.63, 3.8) is 0 Å². The van der Waals surface area contributed by atoms with Gasteiger partial charge in [0.25, 0.3) is 0 Å². The fourth-order valence-electron chi connectivity index (χ4n) is 2.82. The lowest BCUT2D eigenvalue weighted by Gasteiger charge is -2.38. The van der Waals surface area contributed by atoms with Gasteiger partial charge < -0.3 is 15.7 Å². The third-order valence-electron chi connectivity index (χ3n) is 3.77. The molecule has 1 aromatic carbocycles. The summed E-state index contributed by atoms with van der Waals surface area (Å²) in [6.45, 7) is 3.96. The van der Waals surface area contributed by atoms with E-state index in [0.29, 0.717) is 5.92 Å². The van der Waals surface area contributed by atoms with E-state index in [1.807, 2.05) is 13.0 Å². The minimum absolute atomic E-state index is 0.182. The molecular formula is C15H24N2O. The van der Waals surface area contributed by atoms with Crippen molar-refractivity contribution in [2.75, 3.05) is 18.0 Å². The lowest BCUT2D eigenvalue weighted by Crippen LogP contribution is -2.47. The first-order valence-corrected chi connectivity index (χ1v) is 6.92. The molecule has 3 heteroatoms. The molecule has 0 aromatic heterocycles. The monoisotopic (exact) mass is 248 g/mol. The van der Waals surface area contributed by atoms with E-state index in [-0.39, 0.29) is 12.1 Å². The van der Waals surface area contributed by atoms with Crippen LogP contribution in [0.1, 0.15) is 26.2 Å². The van der Waals surface area contributed by atoms with Gasteiger partial charge in [0.2, 0.25) is 0 Å². The highest BCUT2D eigenvalue weighted by atomic mass is 16.3. The van der Waals surface area contributed by atoms with Gasteiger partial charge in [-0.15, -0.1) is 0 Å². The Hall–Kier alpha value is -1.06. The number of aliphatic hydroxyl groups excluding tert-OH is 1. The predicted molar refractivity (Wildman–Crippen MR) is 75.7 cm³/mol. The number of nitrogens with zero attached hydrogens (tertiary/aromatic N) is 1. The van der Waals surface area contributed by atoms with Crippen LogP contribution in [-0.4, -0.2) is 30.3 Å². The van der Waals surface area contributed by atoms with E-state index >= 15 is 0 Å². The number of nitrogens with two attached hydrogens (primary N) is 1. The second kappa shape index (κ2) is 6.21. The van der Waals surface area contributed by atoms with Crippen LogP contribution >= 0.6 is 0 Å². The van der Waals surface area contributed by atoms with Crippen LogP contribution in [0.25, 0.3) is 0 Å². The third-order valence-corrected chi connectivity index (χ3v) is 3.77. The lowest BCUT2D eigenvalue weighted by atomic mass is 9.89. The zero-order valence-corrected chi connectivity index (χ0v) is 11.1. The molecule has 0 aliphatic carbocycles. The summed E-state index contributed by atoms with van der Waals surface area (Å²) in [6.07, 6.45) is 2.54. The fraction of sp³-hybridized carbons (Fsp3) is 0.600. The Bertz CT molecular complexity index is 355. The van der Waals surface area contributed by atoms with E-state index < -0.39 is 0 Å². The van der Waals surface area contributed by atoms with Crippen LogP contribution < -0.4 is 10.6 Å². The Morgan fingerprint density at radius 2 is 2.06 bits per heavy atom. The van der Waals surface area contributed by atoms with E-state index in [9.17, 15) is 5.11 Å². The Labute approximate surface area is 110 Å². The van der Waals surface area contributed by atoms with Crippen molar-refractivity contribution in [1.82, 2.24) is 0 Å². The van der Waals surface area contributed by atoms with Gasteiger partial charge in [-0.2, -0.15) is 0 Å². The quantitative estimate of drug-likeness (QED) is 0.857. The number of para-hydroxylation sites is 1. The first-order valence-electron chi connectivity index (χ1n) is 6.92. The summed E-state index contributed by atoms with van der Waals surface area (Å²) in [5, 5.41) is 9.79. The van der Waals surface area contributed by atoms with Gasteiger partial charge in [0, 0.05) is 24.8 Å². The summed E-state index contributed by atoms with van der Waals surface area (Å²) in [7, 11) is 0. The van der Waals surface area contributed by atoms with E-state index in [1.165, 1.54) is 5.69 Å². The molecule has 1 fully saturated rings. The molecule has 3 unspecified atom stereocenters. The normalized spacial score (nSPS) is 26.1. The summed E-state index contributed by atoms with van der Waals surface area (Å²) in [5.41, 5.74) is 7.39. The number of hydrogen-bond acceptors (Lipinski definition) is 3. The number of rotatable bonds is 4. The van der Waals surface area contributed by atoms with E-state index in [1.54, 1.807) is 0 Å². The predicted octanol–water partition coefficient (Wildman–Crippen LogP) is 2.00. The first-order chi connectivity index (χ1) is 8.69. The largest absolute Gasteiger partial charge is 0.393 e. The van der Waals surface area contributed by atoms with Gasteiger partial charge in [0.05, 0.1) is 6.10 Å². The molecule has 3 N–H and O–H groups in total. The Morgan fingerprint density at radius 3 is 2.72 bits per heavy atom. The zero-order valence-electron chi connectivity index (χ0n) is 11.1. The second-order valence-electron chi connectivity index (χ2n) is 5.40. The second-order valence-corrected chi connectivity index (χ2v) is 5.40. The molecule has 0 spiro atoms. The van der Waals surface area contributed by atoms with Gasteiger partial charge in [0.1, 0.15) is 0 Å². The summed E-state index contributed by atoms with van der Waals surface area (Å²) in [4.78, 5) is 2.35. The highest BCUT2D eigenvalue weighted by Crippen LogP contribution is 2.25. The third kappa shape index (κ3) is 3.47. The molecule has 0 amide bonds. The number of piperidine rings is 1. The lowest BCUT2D eigenvalue weighted by molar-refractivity contribution is 0.131. The van der Waals surface area contributed by atoms with Gasteiger partial charge in [-0.25, -0.2) is 0 Å². The minimum Gasteiger partial charge on any atom is -0.393 e. The molecule has 100 valence electrons. The summed E-state index contributed by atoms with van der Waals surface area (Å²) in [5.74, 6) is 0.504. The van der Waals surface area contributed by atoms with Crippen molar-refractivity contribution in [3.8, 4) is 0 Å². The van der Waals surface area contributed by atoms with Crippen molar-refractivity contribution < 1.29 is 5.11 Å². The smallest absolute Gasteiger partial charge is 0.0541 e. The molecule has 1 aromatic rings. The van der Waals surface area contributed by atoms with Crippen molar-refractivity contribution in [2.24, 2.45) is 11.7 Å². The van der Waals surface area contributed by atoms with Gasteiger partial charge in [-0.1, -0.05) is 25.1 Å². The van der Waals surface area contributed by atoms with Gasteiger partial charge in [-0.05, 0) is 37.3 Å². The van der Waals surface area contributed by atoms with Crippen LogP contribution in [0.5, 0.6) is 0 Å². The molecule has 1 heterocycles. The van der Waals surface area contributed by atoms with Crippen LogP contribution in [0.15, 0.2) is 30.3 Å². The van der Waals surface area contributed by atoms with E-state index in [4.69, 9.17) is 5.73 Å². The van der Waals surface area contributed by atoms with Crippen LogP contribution in [0.4, 0.5) is 5.69 Å². The maximum atomic E-state index is 9.79. The first kappa shape index (κ1) is 13.4. The molecule has 1 aliphatic heterocycles. The molecule has 3 atom stereocenters. The average molecular weight is 248 g/mol. The molecule has 0 radical (unpaired) electrons. The number of anilines is 1. The van der Waals surface area contributed by atoms with E-state index in [2.05, 4.69) is 29.2 Å². The summed E-state index contributed by atoms with van der Waals surface area (Å²) < 4.78 is 0. The standard InChI is InChI=1S/C15H24N2O/c1-2-15(18)9-12-8-13(16)11-17(10-12)14-6-4-3-5-7-14/h3-7,12-13,15,18H,2,8-11,16H2,1H3. The minimum atomic E-state index is -0.182. The molecule has 0 bridgehead atoms. The Morgan fingerprint density at radius 1 is 1.33 bits per heavy atom. The van der Waals surface area contributed by atoms with Crippen molar-refractivity contribution >= 4 is 5.69 Å². The van der Waals surface area contributed by atoms with Crippen molar-refractivity contribution in [3.05, 3.63) is 30.3 Å². The van der Waals surface area contributed by atoms with E-state index in [0.717, 1.165) is 32.4 Å². The van der Waals surface area contributed by atoms with Crippen LogP contribution in [-0.2, 0) is 0 Å². The highest BCUT2D eigenvalue weighted by molar-refractivity contribution is 5.46. The number of hydrogen-bond donors (Lipinski definition) is 2. The molecular weight excluding hydrogens is 224 g/mol. The molecule has 2 rings (SSSR count). The number of aliphatic hydroxyl groups is 1. The molecule has 0 saturated carbocycles. The van der Waals surface area contributed by atoms with Crippen LogP contribution in [0.2, 0.25) is 0 Å². The molecule has 1 saturated heterocycles. The van der Waals surface area contributed by atoms with Crippen molar-refractivity contribution in [2.45, 2.75) is 38.3 Å². The maximum absolute atomic E-state index is 9.79. The fourth-order valence-corrected chi connectivity index (χ4v) is 2.82. The van der Waals surface area contributed by atoms with Crippen LogP contribution in [0, 0.1) is 5.92 Å². The SMILES string of the molecule is CCC(O)CC1CC(N)CN(c2ccccc2)C1. The van der Waals surface area contributed by atoms with Gasteiger partial charge in [-0.3, -0.25) is 0 Å². The topological polar surface area (TPSA) is 49.5 Å². The Balaban J connectivity index is 2.00. The highest BCUT2D eigenvalue weighted by Gasteiger charge is 2.26. The molecule has 1 aliphatic rings. The van der Waals surface area contributed by atoms with Gasteiger partial charge in [0.15, 0.2) is 0 Å². The van der Waals surface area contributed by atoms with Gasteiger partial charge >= 0.3 is 0 Å².